The van der Waals surface area contributed by atoms with E-state index in [0.29, 0.717) is 18.2 Å². The number of carbonyl (C=O) groups is 2. The Morgan fingerprint density at radius 1 is 1.32 bits per heavy atom. The molecular weight excluding hydrogens is 321 g/mol. The molecule has 0 unspecified atom stereocenters. The van der Waals surface area contributed by atoms with E-state index in [-0.39, 0.29) is 23.2 Å². The first-order chi connectivity index (χ1) is 12.0. The van der Waals surface area contributed by atoms with Crippen molar-refractivity contribution in [2.75, 3.05) is 13.1 Å². The number of carbonyl (C=O) groups excluding carboxylic acids is 2. The molecule has 1 fully saturated rings. The molecule has 1 amide bonds. The molecule has 0 spiro atoms. The first-order valence-electron chi connectivity index (χ1n) is 8.63. The molecule has 0 aliphatic carbocycles. The number of ketones is 1. The van der Waals surface area contributed by atoms with Crippen molar-refractivity contribution in [1.29, 1.82) is 0 Å². The highest BCUT2D eigenvalue weighted by Crippen LogP contribution is 2.23. The smallest absolute Gasteiger partial charge is 0.271 e. The largest absolute Gasteiger partial charge is 0.337 e. The van der Waals surface area contributed by atoms with Crippen LogP contribution in [0.4, 0.5) is 4.39 Å². The molecule has 2 heterocycles. The van der Waals surface area contributed by atoms with E-state index < -0.39 is 0 Å². The zero-order chi connectivity index (χ0) is 17.8. The Hall–Kier alpha value is -2.50. The molecular formula is C19H22FN3O2. The zero-order valence-electron chi connectivity index (χ0n) is 14.3. The van der Waals surface area contributed by atoms with Gasteiger partial charge in [-0.1, -0.05) is 12.1 Å². The number of nitrogens with zero attached hydrogens (tertiary/aromatic N) is 2. The molecule has 1 N–H and O–H groups in total. The van der Waals surface area contributed by atoms with Gasteiger partial charge in [0, 0.05) is 20.0 Å². The Morgan fingerprint density at radius 2 is 2.08 bits per heavy atom. The van der Waals surface area contributed by atoms with Crippen LogP contribution in [0.1, 0.15) is 52.7 Å². The maximum atomic E-state index is 13.0. The second-order valence-corrected chi connectivity index (χ2v) is 6.65. The molecule has 6 heteroatoms. The lowest BCUT2D eigenvalue weighted by Crippen LogP contribution is -2.40. The van der Waals surface area contributed by atoms with Gasteiger partial charge in [-0.05, 0) is 55.4 Å². The highest BCUT2D eigenvalue weighted by atomic mass is 19.1. The monoisotopic (exact) mass is 343 g/mol. The lowest BCUT2D eigenvalue weighted by molar-refractivity contribution is 0.0662. The van der Waals surface area contributed by atoms with Crippen LogP contribution >= 0.6 is 0 Å². The van der Waals surface area contributed by atoms with E-state index in [1.807, 2.05) is 17.0 Å². The van der Waals surface area contributed by atoms with Gasteiger partial charge < -0.3 is 4.90 Å². The molecule has 1 aromatic carbocycles. The fraction of sp³-hybridized carbons (Fsp3) is 0.421. The van der Waals surface area contributed by atoms with Gasteiger partial charge in [-0.15, -0.1) is 0 Å². The number of hydrogen-bond acceptors (Lipinski definition) is 3. The predicted octanol–water partition coefficient (Wildman–Crippen LogP) is 3.24. The van der Waals surface area contributed by atoms with E-state index in [1.54, 1.807) is 0 Å². The Labute approximate surface area is 146 Å². The number of amides is 1. The number of likely N-dealkylation sites (tertiary alicyclic amines) is 1. The Morgan fingerprint density at radius 3 is 2.76 bits per heavy atom. The number of nitrogens with one attached hydrogen (secondary N) is 1. The lowest BCUT2D eigenvalue weighted by atomic mass is 9.91. The van der Waals surface area contributed by atoms with Gasteiger partial charge in [0.1, 0.15) is 17.2 Å². The minimum absolute atomic E-state index is 0.105. The predicted molar refractivity (Wildman–Crippen MR) is 91.9 cm³/mol. The second kappa shape index (κ2) is 7.59. The first kappa shape index (κ1) is 17.3. The zero-order valence-corrected chi connectivity index (χ0v) is 14.3. The molecule has 1 aliphatic rings. The molecule has 0 bridgehead atoms. The summed E-state index contributed by atoms with van der Waals surface area (Å²) < 4.78 is 13.0. The average molecular weight is 343 g/mol. The number of aromatic amines is 1. The van der Waals surface area contributed by atoms with Crippen molar-refractivity contribution in [3.8, 4) is 0 Å². The Balaban J connectivity index is 1.57. The number of benzene rings is 1. The summed E-state index contributed by atoms with van der Waals surface area (Å²) >= 11 is 0. The third-order valence-electron chi connectivity index (χ3n) is 4.73. The lowest BCUT2D eigenvalue weighted by Gasteiger charge is -2.32. The minimum Gasteiger partial charge on any atom is -0.337 e. The number of aromatic nitrogens is 2. The van der Waals surface area contributed by atoms with Crippen molar-refractivity contribution in [2.24, 2.45) is 5.92 Å². The SMILES string of the molecule is CC(=O)c1cc(C(=O)N2CCC[C@@H](CCc3ccc(F)cc3)C2)[nH]n1. The molecule has 2 aromatic rings. The van der Waals surface area contributed by atoms with E-state index in [4.69, 9.17) is 0 Å². The molecule has 0 saturated carbocycles. The van der Waals surface area contributed by atoms with E-state index >= 15 is 0 Å². The second-order valence-electron chi connectivity index (χ2n) is 6.65. The summed E-state index contributed by atoms with van der Waals surface area (Å²) in [6.07, 6.45) is 3.91. The molecule has 3 rings (SSSR count). The van der Waals surface area contributed by atoms with Gasteiger partial charge in [0.15, 0.2) is 5.78 Å². The highest BCUT2D eigenvalue weighted by molar-refractivity contribution is 5.97. The van der Waals surface area contributed by atoms with Crippen molar-refractivity contribution in [1.82, 2.24) is 15.1 Å². The van der Waals surface area contributed by atoms with Crippen LogP contribution in [0.25, 0.3) is 0 Å². The van der Waals surface area contributed by atoms with Gasteiger partial charge in [-0.3, -0.25) is 14.7 Å². The minimum atomic E-state index is -0.220. The Bertz CT molecular complexity index is 754. The van der Waals surface area contributed by atoms with Crippen LogP contribution in [0, 0.1) is 11.7 Å². The molecule has 132 valence electrons. The van der Waals surface area contributed by atoms with Crippen LogP contribution in [0.3, 0.4) is 0 Å². The maximum absolute atomic E-state index is 13.0. The molecule has 1 atom stereocenters. The normalized spacial score (nSPS) is 17.5. The number of hydrogen-bond donors (Lipinski definition) is 1. The molecule has 5 nitrogen and oxygen atoms in total. The van der Waals surface area contributed by atoms with Gasteiger partial charge in [0.05, 0.1) is 0 Å². The van der Waals surface area contributed by atoms with Crippen LogP contribution in [0.2, 0.25) is 0 Å². The van der Waals surface area contributed by atoms with E-state index in [1.165, 1.54) is 25.1 Å². The number of rotatable bonds is 5. The average Bonchev–Trinajstić information content (AvgIpc) is 3.11. The standard InChI is InChI=1S/C19H22FN3O2/c1-13(24)17-11-18(22-21-17)19(25)23-10-2-3-15(12-23)5-4-14-6-8-16(20)9-7-14/h6-9,11,15H,2-5,10,12H2,1H3,(H,21,22)/t15-/m0/s1. The molecule has 0 radical (unpaired) electrons. The number of H-pyrrole nitrogens is 1. The first-order valence-corrected chi connectivity index (χ1v) is 8.63. The molecule has 1 aliphatic heterocycles. The summed E-state index contributed by atoms with van der Waals surface area (Å²) in [6, 6.07) is 8.12. The quantitative estimate of drug-likeness (QED) is 0.848. The number of Topliss-reactive ketones (excluding diaryl/α,β-unsaturated/α-hetero) is 1. The summed E-state index contributed by atoms with van der Waals surface area (Å²) in [4.78, 5) is 25.7. The van der Waals surface area contributed by atoms with Crippen LogP contribution in [-0.4, -0.2) is 39.9 Å². The van der Waals surface area contributed by atoms with E-state index in [2.05, 4.69) is 10.2 Å². The highest BCUT2D eigenvalue weighted by Gasteiger charge is 2.25. The van der Waals surface area contributed by atoms with Gasteiger partial charge in [-0.2, -0.15) is 5.10 Å². The summed E-state index contributed by atoms with van der Waals surface area (Å²) in [7, 11) is 0. The van der Waals surface area contributed by atoms with Crippen molar-refractivity contribution in [2.45, 2.75) is 32.6 Å². The van der Waals surface area contributed by atoms with Crippen LogP contribution in [-0.2, 0) is 6.42 Å². The van der Waals surface area contributed by atoms with Crippen molar-refractivity contribution in [3.05, 3.63) is 53.1 Å². The number of halogens is 1. The van der Waals surface area contributed by atoms with Crippen molar-refractivity contribution >= 4 is 11.7 Å². The number of piperidine rings is 1. The van der Waals surface area contributed by atoms with Crippen molar-refractivity contribution in [3.63, 3.8) is 0 Å². The van der Waals surface area contributed by atoms with E-state index in [0.717, 1.165) is 37.8 Å². The fourth-order valence-corrected chi connectivity index (χ4v) is 3.29. The summed E-state index contributed by atoms with van der Waals surface area (Å²) in [6.45, 7) is 2.85. The fourth-order valence-electron chi connectivity index (χ4n) is 3.29. The van der Waals surface area contributed by atoms with Gasteiger partial charge in [0.25, 0.3) is 5.91 Å². The third-order valence-corrected chi connectivity index (χ3v) is 4.73. The van der Waals surface area contributed by atoms with Crippen LogP contribution in [0.5, 0.6) is 0 Å². The summed E-state index contributed by atoms with van der Waals surface area (Å²) in [5.74, 6) is -0.0572. The summed E-state index contributed by atoms with van der Waals surface area (Å²) in [5, 5.41) is 6.55. The van der Waals surface area contributed by atoms with Gasteiger partial charge in [0.2, 0.25) is 0 Å². The van der Waals surface area contributed by atoms with Gasteiger partial charge >= 0.3 is 0 Å². The van der Waals surface area contributed by atoms with Crippen LogP contribution < -0.4 is 0 Å². The molecule has 25 heavy (non-hydrogen) atoms. The van der Waals surface area contributed by atoms with Crippen molar-refractivity contribution < 1.29 is 14.0 Å². The molecule has 1 aromatic heterocycles. The van der Waals surface area contributed by atoms with Gasteiger partial charge in [-0.25, -0.2) is 4.39 Å². The topological polar surface area (TPSA) is 66.1 Å². The van der Waals surface area contributed by atoms with E-state index in [9.17, 15) is 14.0 Å². The summed E-state index contributed by atoms with van der Waals surface area (Å²) in [5.41, 5.74) is 1.77. The third kappa shape index (κ3) is 4.32. The number of aryl methyl sites for hydroxylation is 1. The maximum Gasteiger partial charge on any atom is 0.271 e. The molecule has 1 saturated heterocycles. The Kier molecular flexibility index (Phi) is 5.26. The van der Waals surface area contributed by atoms with Crippen LogP contribution in [0.15, 0.2) is 30.3 Å².